The standard InChI is InChI=1S/C18H15ClN6O5S4/c1-7-23-24-18(34-7)33-4-8-3-31-15-11(14(28)25(15)12(8)16(29)30)22-13(27)9(2-19)10-5-32-17(21-10)20-6-26/h2,5-6,11,15H,3-4H2,1H3,(H,22,27)(H,29,30)(H,20,21,26)/t11?,15-/m0/s1. The number of thioether (sulfide) groups is 2. The van der Waals surface area contributed by atoms with E-state index in [-0.39, 0.29) is 22.1 Å². The lowest BCUT2D eigenvalue weighted by Gasteiger charge is -2.49. The summed E-state index contributed by atoms with van der Waals surface area (Å²) in [4.78, 5) is 53.5. The van der Waals surface area contributed by atoms with Gasteiger partial charge in [0.05, 0.1) is 11.3 Å². The summed E-state index contributed by atoms with van der Waals surface area (Å²) in [5.41, 5.74) is 1.83. The molecule has 3 amide bonds. The van der Waals surface area contributed by atoms with Crippen LogP contribution in [-0.4, -0.2) is 72.3 Å². The van der Waals surface area contributed by atoms with Gasteiger partial charge >= 0.3 is 5.97 Å². The number of hydrogen-bond acceptors (Lipinski definition) is 11. The fourth-order valence-corrected chi connectivity index (χ4v) is 7.42. The number of amides is 3. The molecule has 1 unspecified atom stereocenters. The number of halogens is 1. The number of rotatable bonds is 9. The van der Waals surface area contributed by atoms with Crippen molar-refractivity contribution in [1.82, 2.24) is 25.4 Å². The van der Waals surface area contributed by atoms with E-state index in [1.165, 1.54) is 39.8 Å². The lowest BCUT2D eigenvalue weighted by atomic mass is 10.0. The number of β-lactam (4-membered cyclic amide) rings is 1. The Kier molecular flexibility index (Phi) is 7.57. The minimum absolute atomic E-state index is 0.0161. The monoisotopic (exact) mass is 558 g/mol. The number of aliphatic carboxylic acids is 1. The van der Waals surface area contributed by atoms with E-state index < -0.39 is 29.2 Å². The average Bonchev–Trinajstić information content (AvgIpc) is 3.44. The first-order valence-corrected chi connectivity index (χ1v) is 13.6. The van der Waals surface area contributed by atoms with E-state index >= 15 is 0 Å². The number of carbonyl (C=O) groups excluding carboxylic acids is 3. The highest BCUT2D eigenvalue weighted by atomic mass is 35.5. The molecule has 0 spiro atoms. The molecule has 0 aliphatic carbocycles. The van der Waals surface area contributed by atoms with Crippen LogP contribution in [0.3, 0.4) is 0 Å². The van der Waals surface area contributed by atoms with E-state index in [4.69, 9.17) is 11.6 Å². The smallest absolute Gasteiger partial charge is 0.352 e. The van der Waals surface area contributed by atoms with Crippen molar-refractivity contribution in [1.29, 1.82) is 0 Å². The maximum Gasteiger partial charge on any atom is 0.352 e. The van der Waals surface area contributed by atoms with E-state index in [9.17, 15) is 24.3 Å². The molecule has 178 valence electrons. The SMILES string of the molecule is Cc1nnc(SCC2=C(C(=O)O)N3C(=O)C(NC(=O)C(=CCl)c4csc(NC=O)n4)[C@@H]3SC2)s1. The Balaban J connectivity index is 1.46. The van der Waals surface area contributed by atoms with Crippen LogP contribution < -0.4 is 10.6 Å². The van der Waals surface area contributed by atoms with Crippen molar-refractivity contribution in [2.75, 3.05) is 16.8 Å². The van der Waals surface area contributed by atoms with Crippen LogP contribution in [0.15, 0.2) is 26.5 Å². The Morgan fingerprint density at radius 2 is 2.21 bits per heavy atom. The molecule has 4 rings (SSSR count). The summed E-state index contributed by atoms with van der Waals surface area (Å²) in [5.74, 6) is -1.61. The van der Waals surface area contributed by atoms with Gasteiger partial charge in [-0.1, -0.05) is 34.7 Å². The minimum Gasteiger partial charge on any atom is -0.477 e. The lowest BCUT2D eigenvalue weighted by Crippen LogP contribution is -2.70. The van der Waals surface area contributed by atoms with Crippen LogP contribution in [0.4, 0.5) is 5.13 Å². The van der Waals surface area contributed by atoms with Crippen LogP contribution in [0, 0.1) is 6.92 Å². The maximum absolute atomic E-state index is 12.9. The van der Waals surface area contributed by atoms with E-state index in [1.807, 2.05) is 6.92 Å². The molecule has 0 bridgehead atoms. The molecule has 11 nitrogen and oxygen atoms in total. The molecule has 3 N–H and O–H groups in total. The number of carboxylic acids is 1. The summed E-state index contributed by atoms with van der Waals surface area (Å²) in [5, 5.41) is 24.8. The zero-order valence-electron chi connectivity index (χ0n) is 17.2. The number of carboxylic acid groups (broad SMARTS) is 1. The summed E-state index contributed by atoms with van der Waals surface area (Å²) >= 11 is 11.1. The predicted molar refractivity (Wildman–Crippen MR) is 131 cm³/mol. The Hall–Kier alpha value is -2.46. The number of aromatic nitrogens is 3. The quantitative estimate of drug-likeness (QED) is 0.180. The Labute approximate surface area is 214 Å². The maximum atomic E-state index is 12.9. The molecule has 2 aliphatic heterocycles. The van der Waals surface area contributed by atoms with Gasteiger partial charge in [-0.25, -0.2) is 9.78 Å². The minimum atomic E-state index is -1.20. The molecule has 2 atom stereocenters. The molecule has 0 saturated carbocycles. The molecule has 2 aliphatic rings. The molecule has 1 fully saturated rings. The third-order valence-electron chi connectivity index (χ3n) is 4.73. The first kappa shape index (κ1) is 24.7. The zero-order chi connectivity index (χ0) is 24.4. The highest BCUT2D eigenvalue weighted by Crippen LogP contribution is 2.42. The summed E-state index contributed by atoms with van der Waals surface area (Å²) < 4.78 is 0.718. The van der Waals surface area contributed by atoms with Crippen LogP contribution in [0.5, 0.6) is 0 Å². The topological polar surface area (TPSA) is 154 Å². The molecule has 0 aromatic carbocycles. The number of anilines is 1. The van der Waals surface area contributed by atoms with Gasteiger partial charge in [0.2, 0.25) is 6.41 Å². The number of carbonyl (C=O) groups is 4. The molecule has 2 aromatic heterocycles. The van der Waals surface area contributed by atoms with Crippen molar-refractivity contribution >= 4 is 92.7 Å². The zero-order valence-corrected chi connectivity index (χ0v) is 21.2. The van der Waals surface area contributed by atoms with E-state index in [2.05, 4.69) is 25.8 Å². The number of nitrogens with one attached hydrogen (secondary N) is 2. The summed E-state index contributed by atoms with van der Waals surface area (Å²) in [6.45, 7) is 1.83. The van der Waals surface area contributed by atoms with Gasteiger partial charge in [0.25, 0.3) is 11.8 Å². The number of aryl methyl sites for hydroxylation is 1. The van der Waals surface area contributed by atoms with E-state index in [0.717, 1.165) is 26.2 Å². The van der Waals surface area contributed by atoms with Crippen molar-refractivity contribution in [3.8, 4) is 0 Å². The van der Waals surface area contributed by atoms with Crippen LogP contribution in [0.25, 0.3) is 5.57 Å². The van der Waals surface area contributed by atoms with Gasteiger partial charge in [-0.2, -0.15) is 0 Å². The third-order valence-corrected chi connectivity index (χ3v) is 9.12. The summed E-state index contributed by atoms with van der Waals surface area (Å²) in [7, 11) is 0. The third kappa shape index (κ3) is 4.84. The fourth-order valence-electron chi connectivity index (χ4n) is 3.23. The lowest BCUT2D eigenvalue weighted by molar-refractivity contribution is -0.150. The first-order valence-electron chi connectivity index (χ1n) is 9.44. The molecule has 4 heterocycles. The number of thiazole rings is 1. The van der Waals surface area contributed by atoms with Crippen LogP contribution >= 0.6 is 57.8 Å². The van der Waals surface area contributed by atoms with Crippen molar-refractivity contribution < 1.29 is 24.3 Å². The highest BCUT2D eigenvalue weighted by Gasteiger charge is 2.54. The summed E-state index contributed by atoms with van der Waals surface area (Å²) in [6, 6.07) is -0.912. The van der Waals surface area contributed by atoms with E-state index in [0.29, 0.717) is 23.5 Å². The molecule has 0 radical (unpaired) electrons. The normalized spacial score (nSPS) is 20.0. The molecule has 34 heavy (non-hydrogen) atoms. The predicted octanol–water partition coefficient (Wildman–Crippen LogP) is 1.98. The summed E-state index contributed by atoms with van der Waals surface area (Å²) in [6.07, 6.45) is 0.462. The van der Waals surface area contributed by atoms with Gasteiger partial charge in [-0.05, 0) is 12.5 Å². The Morgan fingerprint density at radius 1 is 1.41 bits per heavy atom. The second-order valence-electron chi connectivity index (χ2n) is 6.82. The largest absolute Gasteiger partial charge is 0.477 e. The Morgan fingerprint density at radius 3 is 2.85 bits per heavy atom. The first-order chi connectivity index (χ1) is 16.3. The van der Waals surface area contributed by atoms with Crippen molar-refractivity contribution in [3.05, 3.63) is 32.9 Å². The van der Waals surface area contributed by atoms with Crippen molar-refractivity contribution in [2.24, 2.45) is 0 Å². The second kappa shape index (κ2) is 10.4. The van der Waals surface area contributed by atoms with Gasteiger partial charge in [0, 0.05) is 22.4 Å². The van der Waals surface area contributed by atoms with Crippen LogP contribution in [0.2, 0.25) is 0 Å². The molecule has 1 saturated heterocycles. The van der Waals surface area contributed by atoms with Gasteiger partial charge in [-0.15, -0.1) is 33.3 Å². The van der Waals surface area contributed by atoms with Gasteiger partial charge < -0.3 is 15.7 Å². The molecular formula is C18H15ClN6O5S4. The van der Waals surface area contributed by atoms with Crippen molar-refractivity contribution in [2.45, 2.75) is 22.7 Å². The highest BCUT2D eigenvalue weighted by molar-refractivity contribution is 8.01. The number of fused-ring (bicyclic) bond motifs is 1. The molecule has 2 aromatic rings. The second-order valence-corrected chi connectivity index (χ2v) is 11.4. The van der Waals surface area contributed by atoms with Crippen LogP contribution in [0.1, 0.15) is 10.7 Å². The van der Waals surface area contributed by atoms with Gasteiger partial charge in [0.15, 0.2) is 9.47 Å². The number of hydrogen-bond donors (Lipinski definition) is 3. The Bertz CT molecular complexity index is 1230. The van der Waals surface area contributed by atoms with Gasteiger partial charge in [-0.3, -0.25) is 19.3 Å². The fraction of sp³-hybridized carbons (Fsp3) is 0.278. The molecule has 16 heteroatoms. The average molecular weight is 559 g/mol. The number of nitrogens with zero attached hydrogens (tertiary/aromatic N) is 4. The van der Waals surface area contributed by atoms with E-state index in [1.54, 1.807) is 5.38 Å². The van der Waals surface area contributed by atoms with Gasteiger partial charge in [0.1, 0.15) is 22.1 Å². The van der Waals surface area contributed by atoms with Crippen molar-refractivity contribution in [3.63, 3.8) is 0 Å². The van der Waals surface area contributed by atoms with Crippen LogP contribution in [-0.2, 0) is 19.2 Å². The molecular weight excluding hydrogens is 544 g/mol.